The Hall–Kier alpha value is -3.75. The highest BCUT2D eigenvalue weighted by atomic mass is 16.8. The number of aliphatic hydroxyl groups is 7. The third kappa shape index (κ3) is 5.73. The molecule has 2 fully saturated rings. The lowest BCUT2D eigenvalue weighted by atomic mass is 9.97. The number of fused-ring (bicyclic) bond motifs is 1. The summed E-state index contributed by atoms with van der Waals surface area (Å²) < 4.78 is 28.4. The van der Waals surface area contributed by atoms with E-state index < -0.39 is 97.6 Å². The molecule has 44 heavy (non-hydrogen) atoms. The molecule has 17 nitrogen and oxygen atoms in total. The normalized spacial score (nSPS) is 32.5. The van der Waals surface area contributed by atoms with Gasteiger partial charge in [0.1, 0.15) is 59.6 Å². The van der Waals surface area contributed by atoms with E-state index in [0.29, 0.717) is 0 Å². The van der Waals surface area contributed by atoms with Crippen molar-refractivity contribution in [2.45, 2.75) is 61.4 Å². The van der Waals surface area contributed by atoms with Crippen LogP contribution in [0.3, 0.4) is 0 Å². The van der Waals surface area contributed by atoms with Gasteiger partial charge in [0, 0.05) is 24.3 Å². The van der Waals surface area contributed by atoms with Gasteiger partial charge < -0.3 is 80.2 Å². The molecule has 1 aromatic heterocycles. The number of aliphatic hydroxyl groups excluding tert-OH is 7. The van der Waals surface area contributed by atoms with Crippen LogP contribution in [0.1, 0.15) is 0 Å². The maximum atomic E-state index is 11.0. The molecule has 2 aliphatic heterocycles. The second kappa shape index (κ2) is 12.3. The first kappa shape index (κ1) is 31.7. The van der Waals surface area contributed by atoms with Crippen molar-refractivity contribution in [2.24, 2.45) is 0 Å². The Morgan fingerprint density at radius 2 is 1.25 bits per heavy atom. The summed E-state index contributed by atoms with van der Waals surface area (Å²) in [6, 6.07) is 5.27. The molecule has 0 aliphatic carbocycles. The van der Waals surface area contributed by atoms with Crippen LogP contribution in [0.25, 0.3) is 22.3 Å². The average molecular weight is 628 g/mol. The average Bonchev–Trinajstić information content (AvgIpc) is 2.99. The first-order valence-corrected chi connectivity index (χ1v) is 13.2. The van der Waals surface area contributed by atoms with Gasteiger partial charge in [-0.3, -0.25) is 0 Å². The lowest BCUT2D eigenvalue weighted by molar-refractivity contribution is -0.357. The van der Waals surface area contributed by atoms with Gasteiger partial charge in [0.2, 0.25) is 12.0 Å². The summed E-state index contributed by atoms with van der Waals surface area (Å²) >= 11 is 0. The van der Waals surface area contributed by atoms with E-state index in [9.17, 15) is 61.3 Å². The minimum atomic E-state index is -1.92. The zero-order valence-corrected chi connectivity index (χ0v) is 22.5. The molecule has 5 rings (SSSR count). The fraction of sp³-hybridized carbons (Fsp3) is 0.444. The highest BCUT2D eigenvalue weighted by Gasteiger charge is 2.52. The number of benzene rings is 2. The fourth-order valence-corrected chi connectivity index (χ4v) is 4.96. The quantitative estimate of drug-likeness (QED) is 0.0987. The fourth-order valence-electron chi connectivity index (χ4n) is 4.96. The van der Waals surface area contributed by atoms with Crippen molar-refractivity contribution >= 4 is 11.0 Å². The molecule has 2 aromatic carbocycles. The molecule has 10 atom stereocenters. The summed E-state index contributed by atoms with van der Waals surface area (Å²) in [5, 5.41) is 122. The summed E-state index contributed by atoms with van der Waals surface area (Å²) in [6.07, 6.45) is -17.5. The summed E-state index contributed by atoms with van der Waals surface area (Å²) in [7, 11) is 0. The smallest absolute Gasteiger partial charge is 0.402 e. The Morgan fingerprint density at radius 1 is 0.659 bits per heavy atom. The molecule has 17 heteroatoms. The number of ether oxygens (including phenoxy) is 4. The van der Waals surface area contributed by atoms with Crippen LogP contribution >= 0.6 is 0 Å². The molecule has 0 unspecified atom stereocenters. The van der Waals surface area contributed by atoms with E-state index in [1.54, 1.807) is 0 Å². The van der Waals surface area contributed by atoms with Crippen LogP contribution in [-0.2, 0) is 14.2 Å². The van der Waals surface area contributed by atoms with Crippen molar-refractivity contribution in [2.75, 3.05) is 13.2 Å². The predicted octanol–water partition coefficient (Wildman–Crippen LogP) is -2.09. The van der Waals surface area contributed by atoms with Gasteiger partial charge in [-0.05, 0) is 0 Å². The van der Waals surface area contributed by atoms with E-state index in [-0.39, 0.29) is 33.8 Å². The van der Waals surface area contributed by atoms with Crippen LogP contribution in [0, 0.1) is 0 Å². The Bertz CT molecular complexity index is 1470. The summed E-state index contributed by atoms with van der Waals surface area (Å²) in [6.45, 7) is -1.61. The van der Waals surface area contributed by atoms with E-state index >= 15 is 0 Å². The van der Waals surface area contributed by atoms with Crippen molar-refractivity contribution < 1.29 is 84.6 Å². The number of hydrogen-bond acceptors (Lipinski definition) is 16. The van der Waals surface area contributed by atoms with Gasteiger partial charge in [0.15, 0.2) is 29.6 Å². The van der Waals surface area contributed by atoms with Crippen molar-refractivity contribution in [3.05, 3.63) is 30.3 Å². The highest BCUT2D eigenvalue weighted by Crippen LogP contribution is 2.45. The van der Waals surface area contributed by atoms with Crippen LogP contribution in [0.4, 0.5) is 0 Å². The van der Waals surface area contributed by atoms with Gasteiger partial charge in [0.25, 0.3) is 0 Å². The summed E-state index contributed by atoms with van der Waals surface area (Å²) in [5.74, 6) is -3.88. The lowest BCUT2D eigenvalue weighted by Gasteiger charge is -2.45. The monoisotopic (exact) mass is 627 g/mol. The van der Waals surface area contributed by atoms with Gasteiger partial charge in [-0.15, -0.1) is 0 Å². The lowest BCUT2D eigenvalue weighted by Crippen LogP contribution is -2.65. The molecule has 3 heterocycles. The second-order valence-corrected chi connectivity index (χ2v) is 10.3. The van der Waals surface area contributed by atoms with Crippen LogP contribution in [0.15, 0.2) is 34.7 Å². The molecular weight excluding hydrogens is 596 g/mol. The topological polar surface area (TPSA) is 291 Å². The number of aromatic hydroxyl groups is 5. The Balaban J connectivity index is 1.59. The van der Waals surface area contributed by atoms with E-state index in [0.717, 1.165) is 24.3 Å². The molecule has 0 spiro atoms. The molecule has 12 N–H and O–H groups in total. The number of hydrogen-bond donors (Lipinski definition) is 12. The van der Waals surface area contributed by atoms with Crippen LogP contribution < -0.4 is 4.74 Å². The standard InChI is InChI=1S/C27H30O17/c28-6-16-19(35)21(37)23(39)26(42-16)44-25-22(38)20(36)17(7-29)43-27(25)41-15-5-10-11(31)3-9(30)4-14(10)40-24(15)8-1-12(32)18(34)13(33)2-8/h1-5,16-17,19-23,25-29,35-39H,6-7H2,(H4-,30,31,32,33,34)/p+1/t16-,17-,19-,20-,21+,22+,23-,25-,26+,27-/m1/s1. The van der Waals surface area contributed by atoms with Crippen molar-refractivity contribution in [1.29, 1.82) is 0 Å². The van der Waals surface area contributed by atoms with Crippen LogP contribution in [0.5, 0.6) is 34.5 Å². The van der Waals surface area contributed by atoms with E-state index in [1.165, 1.54) is 6.07 Å². The summed E-state index contributed by atoms with van der Waals surface area (Å²) in [4.78, 5) is 0. The predicted molar refractivity (Wildman–Crippen MR) is 141 cm³/mol. The third-order valence-corrected chi connectivity index (χ3v) is 7.36. The van der Waals surface area contributed by atoms with Gasteiger partial charge in [-0.2, -0.15) is 0 Å². The van der Waals surface area contributed by atoms with Gasteiger partial charge in [-0.1, -0.05) is 0 Å². The summed E-state index contributed by atoms with van der Waals surface area (Å²) in [5.41, 5.74) is -0.224. The van der Waals surface area contributed by atoms with Crippen molar-refractivity contribution in [3.8, 4) is 45.8 Å². The number of phenols is 5. The minimum Gasteiger partial charge on any atom is -0.507 e. The van der Waals surface area contributed by atoms with Crippen LogP contribution in [0.2, 0.25) is 0 Å². The van der Waals surface area contributed by atoms with Crippen molar-refractivity contribution in [1.82, 2.24) is 0 Å². The molecule has 0 bridgehead atoms. The van der Waals surface area contributed by atoms with Gasteiger partial charge in [0.05, 0.1) is 24.8 Å². The number of phenolic OH excluding ortho intramolecular Hbond substituents is 5. The minimum absolute atomic E-state index is 0.0322. The first-order chi connectivity index (χ1) is 20.8. The molecule has 240 valence electrons. The molecular formula is C27H31O17+. The van der Waals surface area contributed by atoms with E-state index in [1.807, 2.05) is 0 Å². The zero-order chi connectivity index (χ0) is 32.0. The maximum absolute atomic E-state index is 11.0. The largest absolute Gasteiger partial charge is 0.507 e. The Labute approximate surface area is 246 Å². The SMILES string of the molecule is OC[C@H]1O[C@@H](O[C@H]2[C@H](Oc3cc4c(O)cc(O)cc4[o+]c3-c3cc(O)c(O)c(O)c3)O[C@H](CO)[C@@H](O)[C@@H]2O)[C@H](O)[C@@H](O)[C@@H]1O. The number of rotatable bonds is 7. The molecule has 2 saturated heterocycles. The van der Waals surface area contributed by atoms with E-state index in [2.05, 4.69) is 0 Å². The molecule has 0 radical (unpaired) electrons. The Kier molecular flexibility index (Phi) is 8.87. The van der Waals surface area contributed by atoms with Gasteiger partial charge in [-0.25, -0.2) is 4.42 Å². The third-order valence-electron chi connectivity index (χ3n) is 7.36. The molecule has 3 aromatic rings. The zero-order valence-electron chi connectivity index (χ0n) is 22.5. The van der Waals surface area contributed by atoms with Crippen LogP contribution in [-0.4, -0.2) is 136 Å². The first-order valence-electron chi connectivity index (χ1n) is 13.2. The van der Waals surface area contributed by atoms with E-state index in [4.69, 9.17) is 23.4 Å². The molecule has 0 saturated carbocycles. The highest BCUT2D eigenvalue weighted by molar-refractivity contribution is 5.88. The second-order valence-electron chi connectivity index (χ2n) is 10.3. The maximum Gasteiger partial charge on any atom is 0.402 e. The Morgan fingerprint density at radius 3 is 1.86 bits per heavy atom. The molecule has 0 amide bonds. The molecule has 2 aliphatic rings. The van der Waals surface area contributed by atoms with Gasteiger partial charge >= 0.3 is 11.3 Å². The van der Waals surface area contributed by atoms with Crippen molar-refractivity contribution in [3.63, 3.8) is 0 Å².